The fraction of sp³-hybridized carbons (Fsp3) is 0.375. The lowest BCUT2D eigenvalue weighted by Gasteiger charge is -2.13. The van der Waals surface area contributed by atoms with E-state index in [4.69, 9.17) is 4.74 Å². The lowest BCUT2D eigenvalue weighted by atomic mass is 10.1. The molecule has 4 nitrogen and oxygen atoms in total. The van der Waals surface area contributed by atoms with E-state index in [9.17, 15) is 4.79 Å². The van der Waals surface area contributed by atoms with Crippen LogP contribution in [0.1, 0.15) is 34.8 Å². The van der Waals surface area contributed by atoms with Crippen molar-refractivity contribution < 1.29 is 9.53 Å². The number of hydrogen-bond acceptors (Lipinski definition) is 4. The number of amides is 1. The van der Waals surface area contributed by atoms with E-state index in [0.717, 1.165) is 16.3 Å². The molecular weight excluding hydrogens is 284 g/mol. The molecule has 5 heteroatoms. The van der Waals surface area contributed by atoms with Crippen LogP contribution in [-0.2, 0) is 4.79 Å². The molecule has 0 saturated heterocycles. The van der Waals surface area contributed by atoms with E-state index in [0.29, 0.717) is 5.75 Å². The number of ether oxygens (including phenoxy) is 1. The molecule has 2 aromatic rings. The fourth-order valence-electron chi connectivity index (χ4n) is 1.89. The van der Waals surface area contributed by atoms with Gasteiger partial charge < -0.3 is 10.1 Å². The van der Waals surface area contributed by atoms with Crippen LogP contribution < -0.4 is 10.1 Å². The van der Waals surface area contributed by atoms with Crippen LogP contribution in [0.25, 0.3) is 0 Å². The maximum absolute atomic E-state index is 11.9. The quantitative estimate of drug-likeness (QED) is 0.922. The summed E-state index contributed by atoms with van der Waals surface area (Å²) in [6.45, 7) is 7.95. The highest BCUT2D eigenvalue weighted by molar-refractivity contribution is 7.09. The lowest BCUT2D eigenvalue weighted by molar-refractivity contribution is -0.123. The third-order valence-electron chi connectivity index (χ3n) is 3.31. The number of aromatic nitrogens is 1. The normalized spacial score (nSPS) is 12.0. The molecule has 1 aromatic carbocycles. The Morgan fingerprint density at radius 2 is 2.10 bits per heavy atom. The number of aryl methyl sites for hydroxylation is 3. The summed E-state index contributed by atoms with van der Waals surface area (Å²) in [5, 5.41) is 5.85. The van der Waals surface area contributed by atoms with Crippen LogP contribution in [0, 0.1) is 20.8 Å². The molecule has 1 atom stereocenters. The van der Waals surface area contributed by atoms with Crippen LogP contribution in [0.2, 0.25) is 0 Å². The Hall–Kier alpha value is -1.88. The van der Waals surface area contributed by atoms with Gasteiger partial charge in [0.1, 0.15) is 5.75 Å². The molecule has 0 spiro atoms. The average Bonchev–Trinajstić information content (AvgIpc) is 2.87. The summed E-state index contributed by atoms with van der Waals surface area (Å²) in [5.41, 5.74) is 3.25. The Morgan fingerprint density at radius 3 is 2.71 bits per heavy atom. The SMILES string of the molecule is Cc1nc(C(C)NC(=O)COc2ccc(C)c(C)c2)cs1. The molecule has 2 rings (SSSR count). The highest BCUT2D eigenvalue weighted by Gasteiger charge is 2.12. The Kier molecular flexibility index (Phi) is 4.96. The Labute approximate surface area is 129 Å². The molecule has 21 heavy (non-hydrogen) atoms. The van der Waals surface area contributed by atoms with E-state index in [1.165, 1.54) is 5.56 Å². The maximum Gasteiger partial charge on any atom is 0.258 e. The van der Waals surface area contributed by atoms with Crippen molar-refractivity contribution >= 4 is 17.2 Å². The first kappa shape index (κ1) is 15.5. The van der Waals surface area contributed by atoms with Gasteiger partial charge in [0.05, 0.1) is 16.7 Å². The van der Waals surface area contributed by atoms with Gasteiger partial charge in [-0.2, -0.15) is 0 Å². The van der Waals surface area contributed by atoms with Crippen molar-refractivity contribution in [2.24, 2.45) is 0 Å². The number of benzene rings is 1. The van der Waals surface area contributed by atoms with E-state index < -0.39 is 0 Å². The predicted molar refractivity (Wildman–Crippen MR) is 84.8 cm³/mol. The van der Waals surface area contributed by atoms with Crippen molar-refractivity contribution in [1.82, 2.24) is 10.3 Å². The molecule has 1 heterocycles. The zero-order chi connectivity index (χ0) is 15.4. The molecule has 0 fully saturated rings. The van der Waals surface area contributed by atoms with Gasteiger partial charge in [-0.3, -0.25) is 4.79 Å². The summed E-state index contributed by atoms with van der Waals surface area (Å²) >= 11 is 1.58. The molecule has 1 N–H and O–H groups in total. The van der Waals surface area contributed by atoms with Crippen molar-refractivity contribution in [3.63, 3.8) is 0 Å². The molecule has 1 unspecified atom stereocenters. The number of thiazole rings is 1. The minimum absolute atomic E-state index is 0.00988. The van der Waals surface area contributed by atoms with Gasteiger partial charge in [-0.25, -0.2) is 4.98 Å². The second-order valence-electron chi connectivity index (χ2n) is 5.12. The zero-order valence-corrected chi connectivity index (χ0v) is 13.6. The van der Waals surface area contributed by atoms with Gasteiger partial charge in [0.2, 0.25) is 0 Å². The van der Waals surface area contributed by atoms with E-state index in [1.807, 2.05) is 51.3 Å². The van der Waals surface area contributed by atoms with Crippen molar-refractivity contribution in [3.8, 4) is 5.75 Å². The van der Waals surface area contributed by atoms with Crippen molar-refractivity contribution in [3.05, 3.63) is 45.4 Å². The third kappa shape index (κ3) is 4.29. The minimum Gasteiger partial charge on any atom is -0.484 e. The molecule has 0 aliphatic rings. The Bertz CT molecular complexity index is 637. The third-order valence-corrected chi connectivity index (χ3v) is 4.10. The second-order valence-corrected chi connectivity index (χ2v) is 6.18. The van der Waals surface area contributed by atoms with Gasteiger partial charge in [-0.1, -0.05) is 6.07 Å². The van der Waals surface area contributed by atoms with Gasteiger partial charge in [0, 0.05) is 5.38 Å². The van der Waals surface area contributed by atoms with Gasteiger partial charge in [0.15, 0.2) is 6.61 Å². The van der Waals surface area contributed by atoms with Crippen molar-refractivity contribution in [2.75, 3.05) is 6.61 Å². The molecule has 0 radical (unpaired) electrons. The molecule has 1 amide bonds. The number of hydrogen-bond donors (Lipinski definition) is 1. The molecule has 0 aliphatic heterocycles. The van der Waals surface area contributed by atoms with Crippen LogP contribution >= 0.6 is 11.3 Å². The molecule has 0 bridgehead atoms. The van der Waals surface area contributed by atoms with Crippen molar-refractivity contribution in [2.45, 2.75) is 33.7 Å². The Morgan fingerprint density at radius 1 is 1.33 bits per heavy atom. The molecule has 1 aromatic heterocycles. The van der Waals surface area contributed by atoms with Crippen LogP contribution in [0.15, 0.2) is 23.6 Å². The van der Waals surface area contributed by atoms with E-state index in [1.54, 1.807) is 11.3 Å². The number of nitrogens with one attached hydrogen (secondary N) is 1. The highest BCUT2D eigenvalue weighted by atomic mass is 32.1. The monoisotopic (exact) mass is 304 g/mol. The highest BCUT2D eigenvalue weighted by Crippen LogP contribution is 2.17. The first-order valence-electron chi connectivity index (χ1n) is 6.87. The first-order valence-corrected chi connectivity index (χ1v) is 7.75. The zero-order valence-electron chi connectivity index (χ0n) is 12.8. The fourth-order valence-corrected chi connectivity index (χ4v) is 2.59. The summed E-state index contributed by atoms with van der Waals surface area (Å²) in [6.07, 6.45) is 0. The minimum atomic E-state index is -0.147. The summed E-state index contributed by atoms with van der Waals surface area (Å²) in [6, 6.07) is 5.70. The van der Waals surface area contributed by atoms with E-state index in [-0.39, 0.29) is 18.6 Å². The topological polar surface area (TPSA) is 51.2 Å². The van der Waals surface area contributed by atoms with E-state index >= 15 is 0 Å². The van der Waals surface area contributed by atoms with E-state index in [2.05, 4.69) is 10.3 Å². The number of nitrogens with zero attached hydrogens (tertiary/aromatic N) is 1. The maximum atomic E-state index is 11.9. The van der Waals surface area contributed by atoms with Crippen LogP contribution in [0.3, 0.4) is 0 Å². The van der Waals surface area contributed by atoms with Crippen molar-refractivity contribution in [1.29, 1.82) is 0 Å². The molecule has 0 saturated carbocycles. The second kappa shape index (κ2) is 6.72. The molecular formula is C16H20N2O2S. The number of carbonyl (C=O) groups excluding carboxylic acids is 1. The summed E-state index contributed by atoms with van der Waals surface area (Å²) < 4.78 is 5.52. The number of carbonyl (C=O) groups is 1. The van der Waals surface area contributed by atoms with Crippen LogP contribution in [0.5, 0.6) is 5.75 Å². The standard InChI is InChI=1S/C16H20N2O2S/c1-10-5-6-14(7-11(10)2)20-8-16(19)17-12(3)15-9-21-13(4)18-15/h5-7,9,12H,8H2,1-4H3,(H,17,19). The smallest absolute Gasteiger partial charge is 0.258 e. The largest absolute Gasteiger partial charge is 0.484 e. The van der Waals surface area contributed by atoms with Crippen LogP contribution in [0.4, 0.5) is 0 Å². The predicted octanol–water partition coefficient (Wildman–Crippen LogP) is 3.32. The lowest BCUT2D eigenvalue weighted by Crippen LogP contribution is -2.31. The number of rotatable bonds is 5. The first-order chi connectivity index (χ1) is 9.95. The molecule has 112 valence electrons. The average molecular weight is 304 g/mol. The summed E-state index contributed by atoms with van der Waals surface area (Å²) in [4.78, 5) is 16.3. The summed E-state index contributed by atoms with van der Waals surface area (Å²) in [7, 11) is 0. The molecule has 0 aliphatic carbocycles. The summed E-state index contributed by atoms with van der Waals surface area (Å²) in [5.74, 6) is 0.566. The van der Waals surface area contributed by atoms with Gasteiger partial charge in [-0.15, -0.1) is 11.3 Å². The van der Waals surface area contributed by atoms with Crippen LogP contribution in [-0.4, -0.2) is 17.5 Å². The van der Waals surface area contributed by atoms with Gasteiger partial charge in [0.25, 0.3) is 5.91 Å². The van der Waals surface area contributed by atoms with Gasteiger partial charge >= 0.3 is 0 Å². The Balaban J connectivity index is 1.85. The van der Waals surface area contributed by atoms with Gasteiger partial charge in [-0.05, 0) is 51.0 Å².